The lowest BCUT2D eigenvalue weighted by Crippen LogP contribution is -2.54. The van der Waals surface area contributed by atoms with Gasteiger partial charge in [0.2, 0.25) is 11.8 Å². The largest absolute Gasteiger partial charge is 0.494 e. The molecule has 0 radical (unpaired) electrons. The standard InChI is InChI=1S/C33H40ClN3O5S/c1-3-31(33(39)35-27-12-8-9-13-27)36(23-22-25-10-6-5-7-11-25)32(38)24-37(28-16-18-29(19-17-28)42-4-2)43(40,41)30-20-14-26(34)15-21-30/h5-7,10-11,14-21,27,31H,3-4,8-9,12-13,22-24H2,1-2H3,(H,35,39)/t31-/m1/s1. The molecule has 2 amide bonds. The third-order valence-corrected chi connectivity index (χ3v) is 9.73. The summed E-state index contributed by atoms with van der Waals surface area (Å²) in [6.07, 6.45) is 4.89. The molecule has 230 valence electrons. The second-order valence-corrected chi connectivity index (χ2v) is 12.9. The zero-order chi connectivity index (χ0) is 30.8. The van der Waals surface area contributed by atoms with Crippen LogP contribution >= 0.6 is 11.6 Å². The fourth-order valence-corrected chi connectivity index (χ4v) is 6.94. The topological polar surface area (TPSA) is 96.0 Å². The van der Waals surface area contributed by atoms with E-state index in [0.29, 0.717) is 35.9 Å². The Bertz CT molecular complexity index is 1440. The molecule has 0 heterocycles. The van der Waals surface area contributed by atoms with Gasteiger partial charge in [0.25, 0.3) is 10.0 Å². The van der Waals surface area contributed by atoms with E-state index in [0.717, 1.165) is 35.6 Å². The molecule has 10 heteroatoms. The number of anilines is 1. The molecule has 1 aliphatic rings. The molecule has 0 unspecified atom stereocenters. The minimum Gasteiger partial charge on any atom is -0.494 e. The van der Waals surface area contributed by atoms with Crippen LogP contribution in [-0.2, 0) is 26.0 Å². The molecule has 8 nitrogen and oxygen atoms in total. The number of halogens is 1. The smallest absolute Gasteiger partial charge is 0.264 e. The van der Waals surface area contributed by atoms with E-state index in [1.54, 1.807) is 24.3 Å². The Balaban J connectivity index is 1.67. The molecule has 0 aromatic heterocycles. The first-order valence-corrected chi connectivity index (χ1v) is 16.7. The number of rotatable bonds is 14. The fraction of sp³-hybridized carbons (Fsp3) is 0.394. The van der Waals surface area contributed by atoms with E-state index in [2.05, 4.69) is 5.32 Å². The third-order valence-electron chi connectivity index (χ3n) is 7.69. The Morgan fingerprint density at radius 1 is 0.953 bits per heavy atom. The Hall–Kier alpha value is -3.56. The number of nitrogens with one attached hydrogen (secondary N) is 1. The molecule has 1 fully saturated rings. The molecule has 0 aliphatic heterocycles. The monoisotopic (exact) mass is 625 g/mol. The summed E-state index contributed by atoms with van der Waals surface area (Å²) in [4.78, 5) is 29.3. The van der Waals surface area contributed by atoms with Crippen LogP contribution in [0.4, 0.5) is 5.69 Å². The van der Waals surface area contributed by atoms with Gasteiger partial charge in [-0.05, 0) is 86.7 Å². The van der Waals surface area contributed by atoms with Gasteiger partial charge in [-0.3, -0.25) is 13.9 Å². The van der Waals surface area contributed by atoms with Gasteiger partial charge in [-0.25, -0.2) is 8.42 Å². The van der Waals surface area contributed by atoms with Crippen molar-refractivity contribution in [3.8, 4) is 5.75 Å². The maximum Gasteiger partial charge on any atom is 0.264 e. The maximum absolute atomic E-state index is 14.2. The quantitative estimate of drug-likeness (QED) is 0.243. The van der Waals surface area contributed by atoms with Crippen molar-refractivity contribution >= 4 is 39.1 Å². The van der Waals surface area contributed by atoms with Crippen LogP contribution in [0.25, 0.3) is 0 Å². The van der Waals surface area contributed by atoms with Crippen molar-refractivity contribution in [2.75, 3.05) is 24.0 Å². The predicted molar refractivity (Wildman–Crippen MR) is 170 cm³/mol. The summed E-state index contributed by atoms with van der Waals surface area (Å²) in [5.74, 6) is -0.0831. The average molecular weight is 626 g/mol. The Labute approximate surface area is 260 Å². The molecule has 1 saturated carbocycles. The Morgan fingerprint density at radius 3 is 2.21 bits per heavy atom. The first-order chi connectivity index (χ1) is 20.7. The summed E-state index contributed by atoms with van der Waals surface area (Å²) in [6, 6.07) is 21.5. The molecule has 1 atom stereocenters. The van der Waals surface area contributed by atoms with Gasteiger partial charge in [0, 0.05) is 17.6 Å². The van der Waals surface area contributed by atoms with Crippen molar-refractivity contribution in [1.82, 2.24) is 10.2 Å². The maximum atomic E-state index is 14.2. The van der Waals surface area contributed by atoms with E-state index in [1.807, 2.05) is 44.2 Å². The van der Waals surface area contributed by atoms with Crippen molar-refractivity contribution in [1.29, 1.82) is 0 Å². The first-order valence-electron chi connectivity index (χ1n) is 14.9. The van der Waals surface area contributed by atoms with Crippen LogP contribution in [0.1, 0.15) is 51.5 Å². The van der Waals surface area contributed by atoms with Crippen molar-refractivity contribution in [2.45, 2.75) is 69.4 Å². The third kappa shape index (κ3) is 8.51. The lowest BCUT2D eigenvalue weighted by Gasteiger charge is -2.33. The zero-order valence-electron chi connectivity index (χ0n) is 24.7. The van der Waals surface area contributed by atoms with Crippen LogP contribution in [0.3, 0.4) is 0 Å². The lowest BCUT2D eigenvalue weighted by atomic mass is 10.1. The van der Waals surface area contributed by atoms with E-state index in [4.69, 9.17) is 16.3 Å². The second kappa shape index (κ2) is 15.3. The summed E-state index contributed by atoms with van der Waals surface area (Å²) in [6.45, 7) is 3.97. The van der Waals surface area contributed by atoms with Crippen molar-refractivity contribution in [3.63, 3.8) is 0 Å². The number of benzene rings is 3. The van der Waals surface area contributed by atoms with E-state index < -0.39 is 28.5 Å². The molecule has 0 bridgehead atoms. The van der Waals surface area contributed by atoms with Gasteiger partial charge >= 0.3 is 0 Å². The summed E-state index contributed by atoms with van der Waals surface area (Å²) in [7, 11) is -4.18. The molecular formula is C33H40ClN3O5S. The molecule has 1 N–H and O–H groups in total. The minimum absolute atomic E-state index is 0.000406. The van der Waals surface area contributed by atoms with Gasteiger partial charge in [-0.1, -0.05) is 61.7 Å². The number of sulfonamides is 1. The highest BCUT2D eigenvalue weighted by atomic mass is 35.5. The van der Waals surface area contributed by atoms with Crippen LogP contribution in [0.5, 0.6) is 5.75 Å². The van der Waals surface area contributed by atoms with Gasteiger partial charge < -0.3 is 15.0 Å². The lowest BCUT2D eigenvalue weighted by molar-refractivity contribution is -0.139. The number of nitrogens with zero attached hydrogens (tertiary/aromatic N) is 2. The normalized spacial score (nSPS) is 14.2. The highest BCUT2D eigenvalue weighted by Gasteiger charge is 2.34. The number of amides is 2. The molecule has 3 aromatic carbocycles. The Kier molecular flexibility index (Phi) is 11.5. The van der Waals surface area contributed by atoms with Gasteiger partial charge in [-0.2, -0.15) is 0 Å². The SMILES string of the molecule is CCOc1ccc(N(CC(=O)N(CCc2ccccc2)[C@H](CC)C(=O)NC2CCCC2)S(=O)(=O)c2ccc(Cl)cc2)cc1. The summed E-state index contributed by atoms with van der Waals surface area (Å²) >= 11 is 6.04. The second-order valence-electron chi connectivity index (χ2n) is 10.6. The number of ether oxygens (including phenoxy) is 1. The molecule has 4 rings (SSSR count). The predicted octanol–water partition coefficient (Wildman–Crippen LogP) is 5.84. The molecule has 3 aromatic rings. The number of carbonyl (C=O) groups is 2. The van der Waals surface area contributed by atoms with E-state index in [1.165, 1.54) is 29.2 Å². The first kappa shape index (κ1) is 32.4. The molecule has 0 spiro atoms. The van der Waals surface area contributed by atoms with E-state index in [-0.39, 0.29) is 23.4 Å². The summed E-state index contributed by atoms with van der Waals surface area (Å²) in [5, 5.41) is 3.53. The van der Waals surface area contributed by atoms with Gasteiger partial charge in [0.05, 0.1) is 17.2 Å². The number of hydrogen-bond acceptors (Lipinski definition) is 5. The van der Waals surface area contributed by atoms with Gasteiger partial charge in [0.15, 0.2) is 0 Å². The zero-order valence-corrected chi connectivity index (χ0v) is 26.3. The van der Waals surface area contributed by atoms with Crippen LogP contribution in [0.15, 0.2) is 83.8 Å². The van der Waals surface area contributed by atoms with Crippen molar-refractivity contribution < 1.29 is 22.7 Å². The fourth-order valence-electron chi connectivity index (χ4n) is 5.40. The highest BCUT2D eigenvalue weighted by molar-refractivity contribution is 7.92. The molecule has 43 heavy (non-hydrogen) atoms. The summed E-state index contributed by atoms with van der Waals surface area (Å²) < 4.78 is 34.6. The molecular weight excluding hydrogens is 586 g/mol. The van der Waals surface area contributed by atoms with E-state index >= 15 is 0 Å². The summed E-state index contributed by atoms with van der Waals surface area (Å²) in [5.41, 5.74) is 1.32. The average Bonchev–Trinajstić information content (AvgIpc) is 3.52. The number of carbonyl (C=O) groups excluding carboxylic acids is 2. The molecule has 0 saturated heterocycles. The van der Waals surface area contributed by atoms with Crippen molar-refractivity contribution in [2.24, 2.45) is 0 Å². The van der Waals surface area contributed by atoms with Crippen LogP contribution in [0.2, 0.25) is 5.02 Å². The van der Waals surface area contributed by atoms with E-state index in [9.17, 15) is 18.0 Å². The van der Waals surface area contributed by atoms with Gasteiger partial charge in [-0.15, -0.1) is 0 Å². The van der Waals surface area contributed by atoms with Crippen LogP contribution < -0.4 is 14.4 Å². The van der Waals surface area contributed by atoms with Crippen LogP contribution in [0, 0.1) is 0 Å². The minimum atomic E-state index is -4.18. The van der Waals surface area contributed by atoms with Gasteiger partial charge in [0.1, 0.15) is 18.3 Å². The van der Waals surface area contributed by atoms with Crippen LogP contribution in [-0.4, -0.2) is 56.9 Å². The Morgan fingerprint density at radius 2 is 1.60 bits per heavy atom. The highest BCUT2D eigenvalue weighted by Crippen LogP contribution is 2.27. The number of hydrogen-bond donors (Lipinski definition) is 1. The molecule has 1 aliphatic carbocycles. The van der Waals surface area contributed by atoms with Crippen molar-refractivity contribution in [3.05, 3.63) is 89.4 Å².